The topological polar surface area (TPSA) is 48.0 Å². The number of carbonyl (C=O) groups excluding carboxylic acids is 1. The van der Waals surface area contributed by atoms with Crippen LogP contribution in [0.15, 0.2) is 0 Å². The molecule has 0 aromatic rings. The van der Waals surface area contributed by atoms with Crippen LogP contribution in [0.4, 0.5) is 0 Å². The van der Waals surface area contributed by atoms with Crippen LogP contribution in [-0.4, -0.2) is 63.5 Å². The van der Waals surface area contributed by atoms with Crippen LogP contribution in [0.2, 0.25) is 0 Å². The molecule has 2 atom stereocenters. The van der Waals surface area contributed by atoms with Crippen LogP contribution < -0.4 is 0 Å². The van der Waals surface area contributed by atoms with E-state index in [1.165, 1.54) is 0 Å². The van der Waals surface area contributed by atoms with Crippen LogP contribution >= 0.6 is 0 Å². The predicted octanol–water partition coefficient (Wildman–Crippen LogP) is 1.07. The van der Waals surface area contributed by atoms with Gasteiger partial charge in [0.2, 0.25) is 5.91 Å². The number of hydrogen-bond acceptors (Lipinski definition) is 4. The summed E-state index contributed by atoms with van der Waals surface area (Å²) in [5.41, 5.74) is -0.0179. The average Bonchev–Trinajstić information content (AvgIpc) is 2.45. The van der Waals surface area contributed by atoms with Gasteiger partial charge < -0.3 is 19.1 Å². The summed E-state index contributed by atoms with van der Waals surface area (Å²) in [5.74, 6) is 0.0717. The highest BCUT2D eigenvalue weighted by atomic mass is 16.5. The first kappa shape index (κ1) is 14.8. The van der Waals surface area contributed by atoms with E-state index in [2.05, 4.69) is 0 Å². The minimum absolute atomic E-state index is 0.0179. The summed E-state index contributed by atoms with van der Waals surface area (Å²) in [6, 6.07) is 0. The van der Waals surface area contributed by atoms with Gasteiger partial charge in [0.15, 0.2) is 0 Å². The highest BCUT2D eigenvalue weighted by Gasteiger charge is 2.47. The molecule has 0 unspecified atom stereocenters. The van der Waals surface area contributed by atoms with Crippen molar-refractivity contribution in [2.75, 3.05) is 46.6 Å². The Balaban J connectivity index is 2.05. The van der Waals surface area contributed by atoms with Crippen LogP contribution in [0, 0.1) is 5.41 Å². The number of hydrogen-bond donors (Lipinski definition) is 0. The first-order valence-electron chi connectivity index (χ1n) is 7.18. The van der Waals surface area contributed by atoms with E-state index in [-0.39, 0.29) is 24.0 Å². The standard InChI is InChI=1S/C14H25NO4/c1-3-18-11-14-6-4-8-19-12(14)5-7-15(10-14)13(16)9-17-2/h12H,3-11H2,1-2H3/t12-,14+/m0/s1. The fourth-order valence-electron chi connectivity index (χ4n) is 3.23. The van der Waals surface area contributed by atoms with E-state index >= 15 is 0 Å². The zero-order valence-electron chi connectivity index (χ0n) is 12.0. The lowest BCUT2D eigenvalue weighted by Crippen LogP contribution is -2.58. The summed E-state index contributed by atoms with van der Waals surface area (Å²) in [5, 5.41) is 0. The molecule has 2 heterocycles. The van der Waals surface area contributed by atoms with Crippen LogP contribution in [0.25, 0.3) is 0 Å². The fraction of sp³-hybridized carbons (Fsp3) is 0.929. The number of ether oxygens (including phenoxy) is 3. The summed E-state index contributed by atoms with van der Waals surface area (Å²) < 4.78 is 16.5. The average molecular weight is 271 g/mol. The number of piperidine rings is 1. The number of nitrogens with zero attached hydrogens (tertiary/aromatic N) is 1. The molecular weight excluding hydrogens is 246 g/mol. The van der Waals surface area contributed by atoms with E-state index in [0.29, 0.717) is 13.2 Å². The van der Waals surface area contributed by atoms with Crippen molar-refractivity contribution < 1.29 is 19.0 Å². The lowest BCUT2D eigenvalue weighted by molar-refractivity contribution is -0.166. The zero-order valence-corrected chi connectivity index (χ0v) is 12.0. The molecule has 19 heavy (non-hydrogen) atoms. The molecule has 0 aliphatic carbocycles. The monoisotopic (exact) mass is 271 g/mol. The Kier molecular flexibility index (Phi) is 5.19. The third kappa shape index (κ3) is 3.27. The summed E-state index contributed by atoms with van der Waals surface area (Å²) in [4.78, 5) is 13.9. The SMILES string of the molecule is CCOC[C@]12CCCO[C@H]1CCN(C(=O)COC)C2. The van der Waals surface area contributed by atoms with Gasteiger partial charge in [0.25, 0.3) is 0 Å². The van der Waals surface area contributed by atoms with Gasteiger partial charge in [-0.05, 0) is 26.2 Å². The normalized spacial score (nSPS) is 31.1. The van der Waals surface area contributed by atoms with Crippen LogP contribution in [-0.2, 0) is 19.0 Å². The van der Waals surface area contributed by atoms with E-state index in [1.54, 1.807) is 7.11 Å². The molecule has 2 rings (SSSR count). The smallest absolute Gasteiger partial charge is 0.248 e. The quantitative estimate of drug-likeness (QED) is 0.750. The van der Waals surface area contributed by atoms with Gasteiger partial charge >= 0.3 is 0 Å². The Morgan fingerprint density at radius 2 is 2.37 bits per heavy atom. The van der Waals surface area contributed by atoms with Crippen molar-refractivity contribution >= 4 is 5.91 Å². The maximum Gasteiger partial charge on any atom is 0.248 e. The minimum Gasteiger partial charge on any atom is -0.381 e. The Morgan fingerprint density at radius 1 is 1.53 bits per heavy atom. The number of fused-ring (bicyclic) bond motifs is 1. The van der Waals surface area contributed by atoms with Gasteiger partial charge in [-0.2, -0.15) is 0 Å². The third-order valence-electron chi connectivity index (χ3n) is 4.20. The number of carbonyl (C=O) groups is 1. The van der Waals surface area contributed by atoms with Crippen molar-refractivity contribution in [3.05, 3.63) is 0 Å². The second-order valence-corrected chi connectivity index (χ2v) is 5.50. The first-order valence-corrected chi connectivity index (χ1v) is 7.18. The van der Waals surface area contributed by atoms with E-state index in [9.17, 15) is 4.79 Å². The zero-order chi connectivity index (χ0) is 13.7. The van der Waals surface area contributed by atoms with E-state index < -0.39 is 0 Å². The van der Waals surface area contributed by atoms with Crippen molar-refractivity contribution in [3.8, 4) is 0 Å². The van der Waals surface area contributed by atoms with Crippen LogP contribution in [0.3, 0.4) is 0 Å². The Morgan fingerprint density at radius 3 is 3.11 bits per heavy atom. The molecule has 2 aliphatic rings. The van der Waals surface area contributed by atoms with Crippen molar-refractivity contribution in [2.24, 2.45) is 5.41 Å². The number of amides is 1. The Labute approximate surface area is 115 Å². The van der Waals surface area contributed by atoms with Crippen LogP contribution in [0.1, 0.15) is 26.2 Å². The highest BCUT2D eigenvalue weighted by molar-refractivity contribution is 5.77. The molecular formula is C14H25NO4. The van der Waals surface area contributed by atoms with Gasteiger partial charge in [0.1, 0.15) is 6.61 Å². The summed E-state index contributed by atoms with van der Waals surface area (Å²) in [6.45, 7) is 5.90. The first-order chi connectivity index (χ1) is 9.22. The lowest BCUT2D eigenvalue weighted by Gasteiger charge is -2.50. The maximum atomic E-state index is 12.0. The van der Waals surface area contributed by atoms with Gasteiger partial charge in [-0.15, -0.1) is 0 Å². The second kappa shape index (κ2) is 6.68. The third-order valence-corrected chi connectivity index (χ3v) is 4.20. The molecule has 5 heteroatoms. The Hall–Kier alpha value is -0.650. The molecule has 0 aromatic carbocycles. The van der Waals surface area contributed by atoms with Gasteiger partial charge in [0, 0.05) is 38.8 Å². The van der Waals surface area contributed by atoms with Gasteiger partial charge in [-0.3, -0.25) is 4.79 Å². The molecule has 0 aromatic heterocycles. The largest absolute Gasteiger partial charge is 0.381 e. The minimum atomic E-state index is -0.0179. The van der Waals surface area contributed by atoms with E-state index in [4.69, 9.17) is 14.2 Å². The summed E-state index contributed by atoms with van der Waals surface area (Å²) >= 11 is 0. The fourth-order valence-corrected chi connectivity index (χ4v) is 3.23. The molecule has 110 valence electrons. The molecule has 2 saturated heterocycles. The molecule has 0 bridgehead atoms. The van der Waals surface area contributed by atoms with E-state index in [0.717, 1.165) is 39.0 Å². The summed E-state index contributed by atoms with van der Waals surface area (Å²) in [7, 11) is 1.56. The molecule has 0 radical (unpaired) electrons. The highest BCUT2D eigenvalue weighted by Crippen LogP contribution is 2.40. The maximum absolute atomic E-state index is 12.0. The van der Waals surface area contributed by atoms with E-state index in [1.807, 2.05) is 11.8 Å². The molecule has 2 fully saturated rings. The lowest BCUT2D eigenvalue weighted by atomic mass is 9.73. The molecule has 0 saturated carbocycles. The molecule has 5 nitrogen and oxygen atoms in total. The van der Waals surface area contributed by atoms with Gasteiger partial charge in [0.05, 0.1) is 12.7 Å². The van der Waals surface area contributed by atoms with Gasteiger partial charge in [-0.1, -0.05) is 0 Å². The number of likely N-dealkylation sites (tertiary alicyclic amines) is 1. The van der Waals surface area contributed by atoms with Crippen LogP contribution in [0.5, 0.6) is 0 Å². The van der Waals surface area contributed by atoms with Crippen molar-refractivity contribution in [2.45, 2.75) is 32.3 Å². The van der Waals surface area contributed by atoms with Crippen molar-refractivity contribution in [1.82, 2.24) is 4.90 Å². The predicted molar refractivity (Wildman–Crippen MR) is 71.0 cm³/mol. The molecule has 2 aliphatic heterocycles. The van der Waals surface area contributed by atoms with Crippen molar-refractivity contribution in [1.29, 1.82) is 0 Å². The molecule has 0 N–H and O–H groups in total. The molecule has 1 amide bonds. The van der Waals surface area contributed by atoms with Gasteiger partial charge in [-0.25, -0.2) is 0 Å². The molecule has 0 spiro atoms. The number of rotatable bonds is 5. The van der Waals surface area contributed by atoms with Crippen molar-refractivity contribution in [3.63, 3.8) is 0 Å². The second-order valence-electron chi connectivity index (χ2n) is 5.50. The Bertz CT molecular complexity index is 310. The summed E-state index contributed by atoms with van der Waals surface area (Å²) in [6.07, 6.45) is 3.27. The number of methoxy groups -OCH3 is 1.